The highest BCUT2D eigenvalue weighted by atomic mass is 16.2. The molecule has 1 N–H and O–H groups in total. The Kier molecular flexibility index (Phi) is 4.42. The standard InChI is InChI=1S/C20H25N3O3/c24-17-5-7-20(8-11-21-17)9-13-22(14-10-20)18(25)19(26)23-12-6-15-3-1-2-4-16(15)23/h1-4H,5-14H2,(H,21,24). The van der Waals surface area contributed by atoms with E-state index in [1.165, 1.54) is 0 Å². The molecule has 1 aromatic rings. The van der Waals surface area contributed by atoms with Gasteiger partial charge in [-0.2, -0.15) is 0 Å². The first-order chi connectivity index (χ1) is 12.6. The van der Waals surface area contributed by atoms with Gasteiger partial charge in [0, 0.05) is 38.3 Å². The van der Waals surface area contributed by atoms with Crippen molar-refractivity contribution >= 4 is 23.4 Å². The number of fused-ring (bicyclic) bond motifs is 1. The number of para-hydroxylation sites is 1. The van der Waals surface area contributed by atoms with Crippen LogP contribution in [0.4, 0.5) is 5.69 Å². The number of likely N-dealkylation sites (tertiary alicyclic amines) is 1. The molecule has 3 aliphatic heterocycles. The summed E-state index contributed by atoms with van der Waals surface area (Å²) in [5, 5.41) is 2.93. The Morgan fingerprint density at radius 1 is 0.923 bits per heavy atom. The maximum Gasteiger partial charge on any atom is 0.316 e. The predicted octanol–water partition coefficient (Wildman–Crippen LogP) is 1.48. The van der Waals surface area contributed by atoms with Gasteiger partial charge in [-0.3, -0.25) is 14.4 Å². The van der Waals surface area contributed by atoms with Crippen molar-refractivity contribution in [2.45, 2.75) is 38.5 Å². The molecule has 1 spiro atoms. The lowest BCUT2D eigenvalue weighted by molar-refractivity contribution is -0.146. The fraction of sp³-hybridized carbons (Fsp3) is 0.550. The van der Waals surface area contributed by atoms with Crippen LogP contribution in [-0.4, -0.2) is 48.8 Å². The summed E-state index contributed by atoms with van der Waals surface area (Å²) in [5.41, 5.74) is 2.13. The minimum Gasteiger partial charge on any atom is -0.356 e. The molecule has 2 saturated heterocycles. The predicted molar refractivity (Wildman–Crippen MR) is 97.6 cm³/mol. The summed E-state index contributed by atoms with van der Waals surface area (Å²) in [6, 6.07) is 7.79. The third-order valence-corrected chi connectivity index (χ3v) is 6.29. The second-order valence-electron chi connectivity index (χ2n) is 7.73. The van der Waals surface area contributed by atoms with E-state index < -0.39 is 5.91 Å². The number of nitrogens with zero attached hydrogens (tertiary/aromatic N) is 2. The van der Waals surface area contributed by atoms with E-state index in [0.29, 0.717) is 26.1 Å². The van der Waals surface area contributed by atoms with Gasteiger partial charge in [-0.05, 0) is 49.1 Å². The molecule has 0 atom stereocenters. The Morgan fingerprint density at radius 2 is 1.69 bits per heavy atom. The van der Waals surface area contributed by atoms with Crippen LogP contribution in [0.1, 0.15) is 37.7 Å². The van der Waals surface area contributed by atoms with Crippen molar-refractivity contribution in [3.8, 4) is 0 Å². The van der Waals surface area contributed by atoms with Gasteiger partial charge in [0.2, 0.25) is 5.91 Å². The summed E-state index contributed by atoms with van der Waals surface area (Å²) in [6.07, 6.45) is 4.97. The number of rotatable bonds is 0. The minimum atomic E-state index is -0.413. The SMILES string of the molecule is O=C1CCC2(CCN1)CCN(C(=O)C(=O)N1CCc3ccccc31)CC2. The first kappa shape index (κ1) is 17.1. The zero-order valence-electron chi connectivity index (χ0n) is 15.0. The van der Waals surface area contributed by atoms with Gasteiger partial charge >= 0.3 is 11.8 Å². The van der Waals surface area contributed by atoms with Gasteiger partial charge in [-0.1, -0.05) is 18.2 Å². The zero-order valence-corrected chi connectivity index (χ0v) is 15.0. The number of hydrogen-bond donors (Lipinski definition) is 1. The lowest BCUT2D eigenvalue weighted by Crippen LogP contribution is -2.49. The molecule has 138 valence electrons. The largest absolute Gasteiger partial charge is 0.356 e. The number of piperidine rings is 1. The van der Waals surface area contributed by atoms with E-state index in [-0.39, 0.29) is 17.2 Å². The number of benzene rings is 1. The molecular formula is C20H25N3O3. The summed E-state index contributed by atoms with van der Waals surface area (Å²) in [4.78, 5) is 40.4. The molecule has 0 bridgehead atoms. The summed E-state index contributed by atoms with van der Waals surface area (Å²) in [7, 11) is 0. The van der Waals surface area contributed by atoms with Crippen LogP contribution in [0.15, 0.2) is 24.3 Å². The average Bonchev–Trinajstić information content (AvgIpc) is 3.02. The highest BCUT2D eigenvalue weighted by molar-refractivity contribution is 6.40. The lowest BCUT2D eigenvalue weighted by Gasteiger charge is -2.41. The normalized spacial score (nSPS) is 21.9. The lowest BCUT2D eigenvalue weighted by atomic mass is 9.73. The van der Waals surface area contributed by atoms with Gasteiger partial charge in [0.1, 0.15) is 0 Å². The van der Waals surface area contributed by atoms with Crippen molar-refractivity contribution in [3.63, 3.8) is 0 Å². The molecule has 2 fully saturated rings. The van der Waals surface area contributed by atoms with Crippen LogP contribution < -0.4 is 10.2 Å². The van der Waals surface area contributed by atoms with E-state index in [0.717, 1.165) is 49.9 Å². The minimum absolute atomic E-state index is 0.128. The second-order valence-corrected chi connectivity index (χ2v) is 7.73. The Hall–Kier alpha value is -2.37. The van der Waals surface area contributed by atoms with Crippen molar-refractivity contribution in [1.82, 2.24) is 10.2 Å². The Morgan fingerprint density at radius 3 is 2.50 bits per heavy atom. The molecule has 0 aromatic heterocycles. The van der Waals surface area contributed by atoms with Crippen LogP contribution in [0.2, 0.25) is 0 Å². The topological polar surface area (TPSA) is 69.7 Å². The van der Waals surface area contributed by atoms with Crippen molar-refractivity contribution in [2.24, 2.45) is 5.41 Å². The molecule has 0 unspecified atom stereocenters. The van der Waals surface area contributed by atoms with Crippen molar-refractivity contribution in [2.75, 3.05) is 31.1 Å². The van der Waals surface area contributed by atoms with Crippen molar-refractivity contribution in [1.29, 1.82) is 0 Å². The van der Waals surface area contributed by atoms with Gasteiger partial charge in [0.05, 0.1) is 0 Å². The fourth-order valence-corrected chi connectivity index (χ4v) is 4.54. The first-order valence-corrected chi connectivity index (χ1v) is 9.53. The molecule has 6 nitrogen and oxygen atoms in total. The van der Waals surface area contributed by atoms with Crippen LogP contribution >= 0.6 is 0 Å². The van der Waals surface area contributed by atoms with Crippen molar-refractivity contribution < 1.29 is 14.4 Å². The van der Waals surface area contributed by atoms with E-state index >= 15 is 0 Å². The van der Waals surface area contributed by atoms with Gasteiger partial charge < -0.3 is 15.1 Å². The van der Waals surface area contributed by atoms with Crippen LogP contribution in [0.25, 0.3) is 0 Å². The zero-order chi connectivity index (χ0) is 18.1. The first-order valence-electron chi connectivity index (χ1n) is 9.53. The molecule has 0 radical (unpaired) electrons. The molecule has 3 heterocycles. The third-order valence-electron chi connectivity index (χ3n) is 6.29. The number of hydrogen-bond acceptors (Lipinski definition) is 3. The molecule has 3 aliphatic rings. The highest BCUT2D eigenvalue weighted by Crippen LogP contribution is 2.40. The smallest absolute Gasteiger partial charge is 0.316 e. The number of carbonyl (C=O) groups is 3. The maximum absolute atomic E-state index is 12.8. The Labute approximate surface area is 153 Å². The van der Waals surface area contributed by atoms with E-state index in [1.807, 2.05) is 24.3 Å². The average molecular weight is 355 g/mol. The van der Waals surface area contributed by atoms with E-state index in [1.54, 1.807) is 9.80 Å². The van der Waals surface area contributed by atoms with E-state index in [2.05, 4.69) is 5.32 Å². The molecule has 1 aromatic carbocycles. The van der Waals surface area contributed by atoms with Crippen molar-refractivity contribution in [3.05, 3.63) is 29.8 Å². The van der Waals surface area contributed by atoms with Gasteiger partial charge in [0.25, 0.3) is 0 Å². The number of nitrogens with one attached hydrogen (secondary N) is 1. The van der Waals surface area contributed by atoms with Crippen LogP contribution in [0, 0.1) is 5.41 Å². The maximum atomic E-state index is 12.8. The fourth-order valence-electron chi connectivity index (χ4n) is 4.54. The summed E-state index contributed by atoms with van der Waals surface area (Å²) in [6.45, 7) is 2.51. The number of carbonyl (C=O) groups excluding carboxylic acids is 3. The molecule has 26 heavy (non-hydrogen) atoms. The molecular weight excluding hydrogens is 330 g/mol. The third kappa shape index (κ3) is 3.08. The molecule has 6 heteroatoms. The molecule has 4 rings (SSSR count). The van der Waals surface area contributed by atoms with Gasteiger partial charge in [-0.25, -0.2) is 0 Å². The quantitative estimate of drug-likeness (QED) is 0.717. The monoisotopic (exact) mass is 355 g/mol. The second kappa shape index (κ2) is 6.74. The summed E-state index contributed by atoms with van der Waals surface area (Å²) >= 11 is 0. The van der Waals surface area contributed by atoms with Crippen LogP contribution in [-0.2, 0) is 20.8 Å². The highest BCUT2D eigenvalue weighted by Gasteiger charge is 2.39. The molecule has 0 aliphatic carbocycles. The summed E-state index contributed by atoms with van der Waals surface area (Å²) < 4.78 is 0. The molecule has 3 amide bonds. The molecule has 0 saturated carbocycles. The number of amides is 3. The van der Waals surface area contributed by atoms with Crippen LogP contribution in [0.3, 0.4) is 0 Å². The Balaban J connectivity index is 1.39. The van der Waals surface area contributed by atoms with Gasteiger partial charge in [-0.15, -0.1) is 0 Å². The van der Waals surface area contributed by atoms with Crippen LogP contribution in [0.5, 0.6) is 0 Å². The number of anilines is 1. The summed E-state index contributed by atoms with van der Waals surface area (Å²) in [5.74, 6) is -0.675. The van der Waals surface area contributed by atoms with E-state index in [9.17, 15) is 14.4 Å². The Bertz CT molecular complexity index is 738. The van der Waals surface area contributed by atoms with E-state index in [4.69, 9.17) is 0 Å². The van der Waals surface area contributed by atoms with Gasteiger partial charge in [0.15, 0.2) is 0 Å².